The molecule has 1 aromatic carbocycles. The number of carbonyl (C=O) groups excluding carboxylic acids is 2. The van der Waals surface area contributed by atoms with Crippen molar-refractivity contribution in [1.82, 2.24) is 15.3 Å². The van der Waals surface area contributed by atoms with Gasteiger partial charge in [0.1, 0.15) is 6.04 Å². The van der Waals surface area contributed by atoms with Crippen molar-refractivity contribution < 1.29 is 19.5 Å². The number of benzene rings is 1. The fraction of sp³-hybridized carbons (Fsp3) is 0.400. The summed E-state index contributed by atoms with van der Waals surface area (Å²) in [6, 6.07) is 4.96. The molecule has 1 heterocycles. The SMILES string of the molecule is C[C@H](NC(=O)N1Cc2ccccc2CN1C(=O)[C@@H](C)N)C(=O)O. The van der Waals surface area contributed by atoms with Crippen molar-refractivity contribution in [3.63, 3.8) is 0 Å². The predicted molar refractivity (Wildman–Crippen MR) is 81.8 cm³/mol. The molecule has 1 aliphatic heterocycles. The third-order valence-corrected chi connectivity index (χ3v) is 3.64. The lowest BCUT2D eigenvalue weighted by molar-refractivity contribution is -0.149. The number of hydrogen-bond donors (Lipinski definition) is 3. The van der Waals surface area contributed by atoms with E-state index in [1.54, 1.807) is 6.92 Å². The van der Waals surface area contributed by atoms with E-state index in [4.69, 9.17) is 10.8 Å². The van der Waals surface area contributed by atoms with Gasteiger partial charge < -0.3 is 16.2 Å². The van der Waals surface area contributed by atoms with Crippen LogP contribution in [0.15, 0.2) is 24.3 Å². The Balaban J connectivity index is 2.28. The number of nitrogens with two attached hydrogens (primary N) is 1. The summed E-state index contributed by atoms with van der Waals surface area (Å²) in [5.41, 5.74) is 7.48. The maximum atomic E-state index is 12.4. The summed E-state index contributed by atoms with van der Waals surface area (Å²) in [6.07, 6.45) is 0. The lowest BCUT2D eigenvalue weighted by Gasteiger charge is -2.40. The van der Waals surface area contributed by atoms with E-state index >= 15 is 0 Å². The zero-order valence-corrected chi connectivity index (χ0v) is 13.0. The molecule has 0 aliphatic carbocycles. The van der Waals surface area contributed by atoms with Crippen LogP contribution in [0.4, 0.5) is 4.79 Å². The van der Waals surface area contributed by atoms with Crippen LogP contribution >= 0.6 is 0 Å². The number of nitrogens with zero attached hydrogens (tertiary/aromatic N) is 2. The summed E-state index contributed by atoms with van der Waals surface area (Å²) in [5.74, 6) is -1.56. The van der Waals surface area contributed by atoms with Crippen LogP contribution in [-0.2, 0) is 22.7 Å². The van der Waals surface area contributed by atoms with Gasteiger partial charge in [0.25, 0.3) is 5.91 Å². The second-order valence-corrected chi connectivity index (χ2v) is 5.52. The molecular formula is C15H20N4O4. The maximum absolute atomic E-state index is 12.4. The van der Waals surface area contributed by atoms with Crippen LogP contribution < -0.4 is 11.1 Å². The van der Waals surface area contributed by atoms with E-state index in [9.17, 15) is 14.4 Å². The van der Waals surface area contributed by atoms with Crippen LogP contribution in [0.1, 0.15) is 25.0 Å². The maximum Gasteiger partial charge on any atom is 0.337 e. The fourth-order valence-electron chi connectivity index (χ4n) is 2.29. The molecule has 0 bridgehead atoms. The second kappa shape index (κ2) is 6.66. The van der Waals surface area contributed by atoms with Gasteiger partial charge in [-0.05, 0) is 25.0 Å². The third kappa shape index (κ3) is 3.59. The molecule has 23 heavy (non-hydrogen) atoms. The summed E-state index contributed by atoms with van der Waals surface area (Å²) < 4.78 is 0. The van der Waals surface area contributed by atoms with Gasteiger partial charge >= 0.3 is 12.0 Å². The zero-order chi connectivity index (χ0) is 17.1. The summed E-state index contributed by atoms with van der Waals surface area (Å²) in [6.45, 7) is 3.28. The number of carboxylic acids is 1. The molecular weight excluding hydrogens is 300 g/mol. The first kappa shape index (κ1) is 16.8. The molecule has 0 saturated heterocycles. The van der Waals surface area contributed by atoms with Crippen LogP contribution in [0, 0.1) is 0 Å². The number of hydrogen-bond acceptors (Lipinski definition) is 4. The number of amides is 3. The Morgan fingerprint density at radius 1 is 1.13 bits per heavy atom. The minimum Gasteiger partial charge on any atom is -0.480 e. The second-order valence-electron chi connectivity index (χ2n) is 5.52. The molecule has 3 amide bonds. The molecule has 2 rings (SSSR count). The van der Waals surface area contributed by atoms with Crippen molar-refractivity contribution in [1.29, 1.82) is 0 Å². The average Bonchev–Trinajstić information content (AvgIpc) is 2.52. The van der Waals surface area contributed by atoms with E-state index in [1.165, 1.54) is 16.9 Å². The van der Waals surface area contributed by atoms with Crippen molar-refractivity contribution in [2.75, 3.05) is 0 Å². The van der Waals surface area contributed by atoms with Gasteiger partial charge in [-0.1, -0.05) is 24.3 Å². The molecule has 8 nitrogen and oxygen atoms in total. The van der Waals surface area contributed by atoms with E-state index < -0.39 is 30.0 Å². The smallest absolute Gasteiger partial charge is 0.337 e. The summed E-state index contributed by atoms with van der Waals surface area (Å²) in [4.78, 5) is 35.6. The number of urea groups is 1. The predicted octanol–water partition coefficient (Wildman–Crippen LogP) is 0.276. The Morgan fingerprint density at radius 2 is 1.65 bits per heavy atom. The Hall–Kier alpha value is -2.61. The van der Waals surface area contributed by atoms with Gasteiger partial charge in [0.2, 0.25) is 0 Å². The average molecular weight is 320 g/mol. The number of carbonyl (C=O) groups is 3. The van der Waals surface area contributed by atoms with Gasteiger partial charge in [0.05, 0.1) is 19.1 Å². The van der Waals surface area contributed by atoms with Crippen molar-refractivity contribution in [3.05, 3.63) is 35.4 Å². The molecule has 0 saturated carbocycles. The highest BCUT2D eigenvalue weighted by Gasteiger charge is 2.33. The molecule has 0 radical (unpaired) electrons. The first-order chi connectivity index (χ1) is 10.8. The van der Waals surface area contributed by atoms with Crippen LogP contribution in [0.25, 0.3) is 0 Å². The van der Waals surface area contributed by atoms with Gasteiger partial charge in [-0.3, -0.25) is 9.59 Å². The molecule has 1 aliphatic rings. The molecule has 8 heteroatoms. The normalized spacial score (nSPS) is 16.3. The van der Waals surface area contributed by atoms with Gasteiger partial charge in [0, 0.05) is 0 Å². The van der Waals surface area contributed by atoms with Gasteiger partial charge in [0.15, 0.2) is 0 Å². The molecule has 0 spiro atoms. The van der Waals surface area contributed by atoms with Crippen molar-refractivity contribution in [2.24, 2.45) is 5.73 Å². The molecule has 0 fully saturated rings. The van der Waals surface area contributed by atoms with Crippen LogP contribution in [-0.4, -0.2) is 45.1 Å². The largest absolute Gasteiger partial charge is 0.480 e. The van der Waals surface area contributed by atoms with Crippen LogP contribution in [0.5, 0.6) is 0 Å². The van der Waals surface area contributed by atoms with Gasteiger partial charge in [-0.25, -0.2) is 14.8 Å². The number of fused-ring (bicyclic) bond motifs is 1. The Morgan fingerprint density at radius 3 is 2.13 bits per heavy atom. The molecule has 2 atom stereocenters. The lowest BCUT2D eigenvalue weighted by Crippen LogP contribution is -2.59. The lowest BCUT2D eigenvalue weighted by atomic mass is 10.0. The number of aliphatic carboxylic acids is 1. The van der Waals surface area contributed by atoms with E-state index in [1.807, 2.05) is 24.3 Å². The summed E-state index contributed by atoms with van der Waals surface area (Å²) in [5, 5.41) is 13.7. The summed E-state index contributed by atoms with van der Waals surface area (Å²) in [7, 11) is 0. The molecule has 0 aromatic heterocycles. The minimum absolute atomic E-state index is 0.173. The topological polar surface area (TPSA) is 116 Å². The monoisotopic (exact) mass is 320 g/mol. The quantitative estimate of drug-likeness (QED) is 0.739. The third-order valence-electron chi connectivity index (χ3n) is 3.64. The van der Waals surface area contributed by atoms with E-state index in [-0.39, 0.29) is 13.1 Å². The Kier molecular flexibility index (Phi) is 4.85. The minimum atomic E-state index is -1.15. The Labute approximate surface area is 133 Å². The highest BCUT2D eigenvalue weighted by atomic mass is 16.4. The molecule has 1 aromatic rings. The molecule has 124 valence electrons. The molecule has 4 N–H and O–H groups in total. The van der Waals surface area contributed by atoms with Gasteiger partial charge in [-0.2, -0.15) is 0 Å². The van der Waals surface area contributed by atoms with E-state index in [0.29, 0.717) is 0 Å². The van der Waals surface area contributed by atoms with Gasteiger partial charge in [-0.15, -0.1) is 0 Å². The Bertz CT molecular complexity index is 632. The number of nitrogens with one attached hydrogen (secondary N) is 1. The fourth-order valence-corrected chi connectivity index (χ4v) is 2.29. The highest BCUT2D eigenvalue weighted by Crippen LogP contribution is 2.23. The number of rotatable bonds is 3. The zero-order valence-electron chi connectivity index (χ0n) is 13.0. The first-order valence-corrected chi connectivity index (χ1v) is 7.25. The van der Waals surface area contributed by atoms with Crippen molar-refractivity contribution in [2.45, 2.75) is 39.0 Å². The summed E-state index contributed by atoms with van der Waals surface area (Å²) >= 11 is 0. The highest BCUT2D eigenvalue weighted by molar-refractivity contribution is 5.86. The van der Waals surface area contributed by atoms with E-state index in [2.05, 4.69) is 5.32 Å². The van der Waals surface area contributed by atoms with Crippen molar-refractivity contribution >= 4 is 17.9 Å². The van der Waals surface area contributed by atoms with E-state index in [0.717, 1.165) is 11.1 Å². The number of hydrazine groups is 1. The van der Waals surface area contributed by atoms with Crippen molar-refractivity contribution in [3.8, 4) is 0 Å². The van der Waals surface area contributed by atoms with Crippen LogP contribution in [0.3, 0.4) is 0 Å². The first-order valence-electron chi connectivity index (χ1n) is 7.25. The molecule has 0 unspecified atom stereocenters. The number of carboxylic acid groups (broad SMARTS) is 1. The standard InChI is InChI=1S/C15H20N4O4/c1-9(16)13(20)18-7-11-5-3-4-6-12(11)8-19(18)15(23)17-10(2)14(21)22/h3-6,9-10H,7-8,16H2,1-2H3,(H,17,23)(H,21,22)/t9-,10+/m1/s1. The van der Waals surface area contributed by atoms with Crippen LogP contribution in [0.2, 0.25) is 0 Å².